The van der Waals surface area contributed by atoms with Crippen LogP contribution in [-0.2, 0) is 18.9 Å². The van der Waals surface area contributed by atoms with Crippen molar-refractivity contribution in [3.05, 3.63) is 46.3 Å². The number of nitrogens with zero attached hydrogens (tertiary/aromatic N) is 3. The van der Waals surface area contributed by atoms with Gasteiger partial charge < -0.3 is 24.1 Å². The van der Waals surface area contributed by atoms with Crippen LogP contribution in [0, 0.1) is 0 Å². The number of benzene rings is 1. The molecule has 1 saturated heterocycles. The van der Waals surface area contributed by atoms with Crippen LogP contribution in [0.1, 0.15) is 30.1 Å². The van der Waals surface area contributed by atoms with Gasteiger partial charge >= 0.3 is 5.97 Å². The molecule has 148 valence electrons. The van der Waals surface area contributed by atoms with Gasteiger partial charge in [-0.15, -0.1) is 0 Å². The standard InChI is InChI=1S/C18H25N3O6/c1-3-4-10-25-16-14(20-21-19)15(22)13(27-18(16)24-2)11-26-17(23)12-8-6-5-7-9-12/h5-9,13-16,18,22H,3-4,10-11H2,1-2H3/t13?,14?,15-,16?,18-/m1/s1. The van der Waals surface area contributed by atoms with Gasteiger partial charge in [0.15, 0.2) is 6.29 Å². The first kappa shape index (κ1) is 21.1. The van der Waals surface area contributed by atoms with Gasteiger partial charge in [0.25, 0.3) is 0 Å². The second-order valence-electron chi connectivity index (χ2n) is 6.12. The Kier molecular flexibility index (Phi) is 8.50. The third-order valence-corrected chi connectivity index (χ3v) is 4.26. The predicted octanol–water partition coefficient (Wildman–Crippen LogP) is 2.44. The van der Waals surface area contributed by atoms with Crippen molar-refractivity contribution in [1.29, 1.82) is 0 Å². The molecule has 0 bridgehead atoms. The largest absolute Gasteiger partial charge is 0.459 e. The number of hydrogen-bond acceptors (Lipinski definition) is 7. The highest BCUT2D eigenvalue weighted by Gasteiger charge is 2.46. The Morgan fingerprint density at radius 1 is 1.37 bits per heavy atom. The lowest BCUT2D eigenvalue weighted by Crippen LogP contribution is -2.59. The van der Waals surface area contributed by atoms with E-state index in [2.05, 4.69) is 10.0 Å². The van der Waals surface area contributed by atoms with Crippen LogP contribution in [0.5, 0.6) is 0 Å². The van der Waals surface area contributed by atoms with E-state index in [0.29, 0.717) is 12.2 Å². The Hall–Kier alpha value is -2.16. The van der Waals surface area contributed by atoms with E-state index >= 15 is 0 Å². The van der Waals surface area contributed by atoms with Crippen LogP contribution in [0.2, 0.25) is 0 Å². The van der Waals surface area contributed by atoms with Crippen molar-refractivity contribution in [2.24, 2.45) is 5.11 Å². The van der Waals surface area contributed by atoms with Gasteiger partial charge in [-0.3, -0.25) is 0 Å². The van der Waals surface area contributed by atoms with Crippen molar-refractivity contribution in [2.45, 2.75) is 50.4 Å². The first-order valence-corrected chi connectivity index (χ1v) is 8.86. The maximum Gasteiger partial charge on any atom is 0.338 e. The highest BCUT2D eigenvalue weighted by atomic mass is 16.7. The van der Waals surface area contributed by atoms with Crippen LogP contribution in [-0.4, -0.2) is 62.0 Å². The van der Waals surface area contributed by atoms with E-state index < -0.39 is 36.6 Å². The predicted molar refractivity (Wildman–Crippen MR) is 96.0 cm³/mol. The topological polar surface area (TPSA) is 123 Å². The summed E-state index contributed by atoms with van der Waals surface area (Å²) in [7, 11) is 1.43. The van der Waals surface area contributed by atoms with E-state index in [1.165, 1.54) is 7.11 Å². The minimum absolute atomic E-state index is 0.214. The van der Waals surface area contributed by atoms with Crippen molar-refractivity contribution in [3.63, 3.8) is 0 Å². The van der Waals surface area contributed by atoms with Gasteiger partial charge in [0, 0.05) is 18.6 Å². The third kappa shape index (κ3) is 5.66. The average Bonchev–Trinajstić information content (AvgIpc) is 2.70. The first-order chi connectivity index (χ1) is 13.1. The Balaban J connectivity index is 2.05. The number of hydrogen-bond donors (Lipinski definition) is 1. The molecule has 1 fully saturated rings. The number of rotatable bonds is 9. The molecule has 1 aliphatic rings. The number of esters is 1. The summed E-state index contributed by atoms with van der Waals surface area (Å²) >= 11 is 0. The molecule has 1 aromatic carbocycles. The first-order valence-electron chi connectivity index (χ1n) is 8.86. The summed E-state index contributed by atoms with van der Waals surface area (Å²) in [5.41, 5.74) is 9.25. The Morgan fingerprint density at radius 3 is 2.74 bits per heavy atom. The molecule has 0 aliphatic carbocycles. The van der Waals surface area contributed by atoms with Gasteiger partial charge in [-0.1, -0.05) is 36.7 Å². The molecule has 1 aromatic rings. The van der Waals surface area contributed by atoms with E-state index in [4.69, 9.17) is 24.5 Å². The number of carbonyl (C=O) groups excluding carboxylic acids is 1. The minimum Gasteiger partial charge on any atom is -0.459 e. The molecule has 9 heteroatoms. The molecule has 1 heterocycles. The van der Waals surface area contributed by atoms with Crippen LogP contribution < -0.4 is 0 Å². The fourth-order valence-electron chi connectivity index (χ4n) is 2.78. The molecule has 5 atom stereocenters. The number of azide groups is 1. The van der Waals surface area contributed by atoms with Crippen molar-refractivity contribution in [1.82, 2.24) is 0 Å². The summed E-state index contributed by atoms with van der Waals surface area (Å²) in [5, 5.41) is 14.2. The van der Waals surface area contributed by atoms with Crippen molar-refractivity contribution < 1.29 is 28.8 Å². The van der Waals surface area contributed by atoms with Gasteiger partial charge in [0.2, 0.25) is 0 Å². The van der Waals surface area contributed by atoms with E-state index in [1.807, 2.05) is 6.92 Å². The van der Waals surface area contributed by atoms with Crippen molar-refractivity contribution in [2.75, 3.05) is 20.3 Å². The molecule has 3 unspecified atom stereocenters. The van der Waals surface area contributed by atoms with Crippen LogP contribution in [0.25, 0.3) is 10.4 Å². The molecule has 1 N–H and O–H groups in total. The van der Waals surface area contributed by atoms with Crippen LogP contribution >= 0.6 is 0 Å². The highest BCUT2D eigenvalue weighted by Crippen LogP contribution is 2.27. The smallest absolute Gasteiger partial charge is 0.338 e. The number of aliphatic hydroxyl groups excluding tert-OH is 1. The molecule has 1 aliphatic heterocycles. The third-order valence-electron chi connectivity index (χ3n) is 4.26. The number of unbranched alkanes of at least 4 members (excludes halogenated alkanes) is 1. The fraction of sp³-hybridized carbons (Fsp3) is 0.611. The molecule has 0 radical (unpaired) electrons. The summed E-state index contributed by atoms with van der Waals surface area (Å²) in [6.07, 6.45) is -2.00. The van der Waals surface area contributed by atoms with Gasteiger partial charge in [0.1, 0.15) is 18.8 Å². The van der Waals surface area contributed by atoms with E-state index in [-0.39, 0.29) is 6.61 Å². The molecule has 9 nitrogen and oxygen atoms in total. The molecule has 0 amide bonds. The average molecular weight is 379 g/mol. The fourth-order valence-corrected chi connectivity index (χ4v) is 2.78. The molecule has 0 saturated carbocycles. The summed E-state index contributed by atoms with van der Waals surface area (Å²) < 4.78 is 22.0. The van der Waals surface area contributed by atoms with E-state index in [9.17, 15) is 9.90 Å². The van der Waals surface area contributed by atoms with Gasteiger partial charge in [0.05, 0.1) is 17.7 Å². The summed E-state index contributed by atoms with van der Waals surface area (Å²) in [5.74, 6) is -0.540. The lowest BCUT2D eigenvalue weighted by molar-refractivity contribution is -0.277. The monoisotopic (exact) mass is 379 g/mol. The lowest BCUT2D eigenvalue weighted by atomic mass is 9.97. The van der Waals surface area contributed by atoms with E-state index in [1.54, 1.807) is 30.3 Å². The zero-order valence-electron chi connectivity index (χ0n) is 15.4. The van der Waals surface area contributed by atoms with Crippen molar-refractivity contribution >= 4 is 5.97 Å². The Morgan fingerprint density at radius 2 is 2.11 bits per heavy atom. The zero-order chi connectivity index (χ0) is 19.6. The maximum atomic E-state index is 12.1. The highest BCUT2D eigenvalue weighted by molar-refractivity contribution is 5.89. The Labute approximate surface area is 157 Å². The second-order valence-corrected chi connectivity index (χ2v) is 6.12. The molecule has 2 rings (SSSR count). The second kappa shape index (κ2) is 10.9. The molecule has 0 spiro atoms. The Bertz CT molecular complexity index is 637. The normalized spacial score (nSPS) is 27.6. The SMILES string of the molecule is CCCCOC1C(N=[N+]=[N-])[C@H](O)C(COC(=O)c2ccccc2)O[C@H]1OC. The van der Waals surface area contributed by atoms with Crippen LogP contribution in [0.4, 0.5) is 0 Å². The number of aliphatic hydroxyl groups is 1. The minimum atomic E-state index is -1.21. The van der Waals surface area contributed by atoms with Gasteiger partial charge in [-0.25, -0.2) is 4.79 Å². The number of methoxy groups -OCH3 is 1. The summed E-state index contributed by atoms with van der Waals surface area (Å²) in [4.78, 5) is 14.9. The molecule has 0 aromatic heterocycles. The number of ether oxygens (including phenoxy) is 4. The quantitative estimate of drug-likeness (QED) is 0.231. The summed E-state index contributed by atoms with van der Waals surface area (Å²) in [6.45, 7) is 2.22. The van der Waals surface area contributed by atoms with E-state index in [0.717, 1.165) is 12.8 Å². The van der Waals surface area contributed by atoms with Crippen LogP contribution in [0.3, 0.4) is 0 Å². The van der Waals surface area contributed by atoms with Gasteiger partial charge in [-0.05, 0) is 24.1 Å². The zero-order valence-corrected chi connectivity index (χ0v) is 15.4. The molecular formula is C18H25N3O6. The molecule has 27 heavy (non-hydrogen) atoms. The van der Waals surface area contributed by atoms with Crippen molar-refractivity contribution in [3.8, 4) is 0 Å². The summed E-state index contributed by atoms with van der Waals surface area (Å²) in [6, 6.07) is 7.55. The maximum absolute atomic E-state index is 12.1. The van der Waals surface area contributed by atoms with Crippen LogP contribution in [0.15, 0.2) is 35.4 Å². The number of carbonyl (C=O) groups is 1. The molecular weight excluding hydrogens is 354 g/mol. The van der Waals surface area contributed by atoms with Gasteiger partial charge in [-0.2, -0.15) is 0 Å². The lowest BCUT2D eigenvalue weighted by Gasteiger charge is -2.42.